The minimum atomic E-state index is -0.626. The number of amides is 1. The maximum atomic E-state index is 12.1. The number of carbonyl (C=O) groups is 1. The third kappa shape index (κ3) is 4.51. The molecule has 1 heterocycles. The fourth-order valence-corrected chi connectivity index (χ4v) is 2.88. The van der Waals surface area contributed by atoms with Crippen molar-refractivity contribution >= 4 is 23.4 Å². The predicted molar refractivity (Wildman–Crippen MR) is 94.9 cm³/mol. The van der Waals surface area contributed by atoms with Crippen molar-refractivity contribution in [1.82, 2.24) is 10.1 Å². The number of anilines is 1. The van der Waals surface area contributed by atoms with Gasteiger partial charge in [-0.3, -0.25) is 14.3 Å². The van der Waals surface area contributed by atoms with Crippen molar-refractivity contribution in [3.05, 3.63) is 59.1 Å². The van der Waals surface area contributed by atoms with Crippen molar-refractivity contribution in [1.29, 1.82) is 0 Å². The number of carbonyl (C=O) groups excluding carboxylic acids is 1. The number of hydrogen-bond donors (Lipinski definition) is 2. The highest BCUT2D eigenvalue weighted by atomic mass is 32.2. The van der Waals surface area contributed by atoms with Crippen LogP contribution in [0.4, 0.5) is 5.69 Å². The molecule has 1 amide bonds. The van der Waals surface area contributed by atoms with Crippen LogP contribution in [0.1, 0.15) is 0 Å². The van der Waals surface area contributed by atoms with E-state index in [1.165, 1.54) is 11.8 Å². The zero-order chi connectivity index (χ0) is 17.6. The summed E-state index contributed by atoms with van der Waals surface area (Å²) >= 11 is 1.41. The van der Waals surface area contributed by atoms with Crippen molar-refractivity contribution < 1.29 is 14.1 Å². The number of methoxy groups -OCH3 is 1. The molecule has 0 spiro atoms. The molecule has 7 nitrogen and oxygen atoms in total. The van der Waals surface area contributed by atoms with Gasteiger partial charge in [-0.15, -0.1) is 11.8 Å². The van der Waals surface area contributed by atoms with Crippen molar-refractivity contribution in [2.24, 2.45) is 0 Å². The third-order valence-electron chi connectivity index (χ3n) is 3.27. The Kier molecular flexibility index (Phi) is 5.20. The number of aromatic amines is 1. The number of benzene rings is 2. The number of hydrogen-bond acceptors (Lipinski definition) is 6. The summed E-state index contributed by atoms with van der Waals surface area (Å²) in [7, 11) is 1.60. The fraction of sp³-hybridized carbons (Fsp3) is 0.118. The van der Waals surface area contributed by atoms with Crippen molar-refractivity contribution in [2.75, 3.05) is 18.2 Å². The van der Waals surface area contributed by atoms with E-state index in [1.54, 1.807) is 31.4 Å². The van der Waals surface area contributed by atoms with Gasteiger partial charge in [-0.2, -0.15) is 0 Å². The summed E-state index contributed by atoms with van der Waals surface area (Å²) in [5.74, 6) is 0.558. The molecule has 0 fully saturated rings. The molecular weight excluding hydrogens is 342 g/mol. The first-order valence-electron chi connectivity index (χ1n) is 7.37. The van der Waals surface area contributed by atoms with Crippen molar-refractivity contribution in [3.63, 3.8) is 0 Å². The molecule has 0 radical (unpaired) electrons. The molecule has 8 heteroatoms. The smallest absolute Gasteiger partial charge is 0.439 e. The summed E-state index contributed by atoms with van der Waals surface area (Å²) in [5.41, 5.74) is 1.25. The van der Waals surface area contributed by atoms with Gasteiger partial charge in [-0.05, 0) is 30.3 Å². The zero-order valence-corrected chi connectivity index (χ0v) is 14.1. The van der Waals surface area contributed by atoms with Crippen LogP contribution in [0.3, 0.4) is 0 Å². The molecule has 0 aliphatic heterocycles. The molecule has 2 N–H and O–H groups in total. The Morgan fingerprint density at radius 1 is 1.28 bits per heavy atom. The fourth-order valence-electron chi connectivity index (χ4n) is 2.14. The van der Waals surface area contributed by atoms with Gasteiger partial charge in [0.15, 0.2) is 5.82 Å². The Hall–Kier alpha value is -3.00. The Bertz CT molecular complexity index is 935. The summed E-state index contributed by atoms with van der Waals surface area (Å²) < 4.78 is 9.65. The first-order chi connectivity index (χ1) is 12.1. The lowest BCUT2D eigenvalue weighted by Gasteiger charge is -2.07. The summed E-state index contributed by atoms with van der Waals surface area (Å²) in [6.45, 7) is 0. The zero-order valence-electron chi connectivity index (χ0n) is 13.3. The minimum Gasteiger partial charge on any atom is -0.497 e. The summed E-state index contributed by atoms with van der Waals surface area (Å²) in [6, 6.07) is 14.5. The second-order valence-electron chi connectivity index (χ2n) is 5.04. The van der Waals surface area contributed by atoms with Crippen LogP contribution in [0.2, 0.25) is 0 Å². The van der Waals surface area contributed by atoms with Gasteiger partial charge in [-0.1, -0.05) is 23.4 Å². The average Bonchev–Trinajstić information content (AvgIpc) is 3.07. The summed E-state index contributed by atoms with van der Waals surface area (Å²) in [5, 5.41) is 6.44. The maximum Gasteiger partial charge on any atom is 0.439 e. The van der Waals surface area contributed by atoms with E-state index in [-0.39, 0.29) is 11.7 Å². The number of H-pyrrole nitrogens is 1. The standard InChI is InChI=1S/C17H15N3O4S/c1-23-13-6-3-7-14(9-13)25-10-15(21)18-12-5-2-4-11(8-12)16-19-17(22)24-20-16/h2-9H,10H2,1H3,(H,18,21)(H,19,20,22). The van der Waals surface area contributed by atoms with E-state index in [1.807, 2.05) is 24.3 Å². The molecule has 0 unspecified atom stereocenters. The Morgan fingerprint density at radius 3 is 2.88 bits per heavy atom. The molecule has 1 aromatic heterocycles. The van der Waals surface area contributed by atoms with Gasteiger partial charge in [0.2, 0.25) is 5.91 Å². The minimum absolute atomic E-state index is 0.140. The predicted octanol–water partition coefficient (Wildman–Crippen LogP) is 2.77. The van der Waals surface area contributed by atoms with E-state index >= 15 is 0 Å². The van der Waals surface area contributed by atoms with Gasteiger partial charge in [-0.25, -0.2) is 4.79 Å². The van der Waals surface area contributed by atoms with Crippen LogP contribution in [0.15, 0.2) is 62.7 Å². The van der Waals surface area contributed by atoms with E-state index in [0.717, 1.165) is 10.6 Å². The summed E-state index contributed by atoms with van der Waals surface area (Å²) in [6.07, 6.45) is 0. The molecule has 0 saturated carbocycles. The lowest BCUT2D eigenvalue weighted by Crippen LogP contribution is -2.14. The maximum absolute atomic E-state index is 12.1. The molecule has 2 aromatic carbocycles. The van der Waals surface area contributed by atoms with Gasteiger partial charge in [0.05, 0.1) is 12.9 Å². The van der Waals surface area contributed by atoms with E-state index < -0.39 is 5.76 Å². The molecule has 0 aliphatic rings. The highest BCUT2D eigenvalue weighted by Crippen LogP contribution is 2.23. The molecule has 0 bridgehead atoms. The second-order valence-corrected chi connectivity index (χ2v) is 6.09. The molecule has 128 valence electrons. The SMILES string of the molecule is COc1cccc(SCC(=O)Nc2cccc(-c3noc(=O)[nH]3)c2)c1. The van der Waals surface area contributed by atoms with Crippen LogP contribution in [0, 0.1) is 0 Å². The van der Waals surface area contributed by atoms with Crippen LogP contribution >= 0.6 is 11.8 Å². The van der Waals surface area contributed by atoms with Crippen molar-refractivity contribution in [3.8, 4) is 17.1 Å². The monoisotopic (exact) mass is 357 g/mol. The molecular formula is C17H15N3O4S. The Balaban J connectivity index is 1.62. The quantitative estimate of drug-likeness (QED) is 0.659. The number of thioether (sulfide) groups is 1. The van der Waals surface area contributed by atoms with E-state index in [4.69, 9.17) is 4.74 Å². The van der Waals surface area contributed by atoms with E-state index in [9.17, 15) is 9.59 Å². The van der Waals surface area contributed by atoms with Crippen LogP contribution in [0.5, 0.6) is 5.75 Å². The number of rotatable bonds is 6. The van der Waals surface area contributed by atoms with Gasteiger partial charge in [0.25, 0.3) is 0 Å². The van der Waals surface area contributed by atoms with E-state index in [2.05, 4.69) is 20.0 Å². The molecule has 3 rings (SSSR count). The molecule has 0 aliphatic carbocycles. The van der Waals surface area contributed by atoms with Gasteiger partial charge in [0, 0.05) is 16.1 Å². The largest absolute Gasteiger partial charge is 0.497 e. The topological polar surface area (TPSA) is 97.2 Å². The second kappa shape index (κ2) is 7.71. The summed E-state index contributed by atoms with van der Waals surface area (Å²) in [4.78, 5) is 26.6. The number of aromatic nitrogens is 2. The average molecular weight is 357 g/mol. The first-order valence-corrected chi connectivity index (χ1v) is 8.36. The number of nitrogens with one attached hydrogen (secondary N) is 2. The molecule has 0 atom stereocenters. The number of ether oxygens (including phenoxy) is 1. The molecule has 3 aromatic rings. The van der Waals surface area contributed by atoms with Crippen molar-refractivity contribution in [2.45, 2.75) is 4.90 Å². The van der Waals surface area contributed by atoms with Crippen LogP contribution in [-0.4, -0.2) is 28.9 Å². The van der Waals surface area contributed by atoms with Crippen LogP contribution in [-0.2, 0) is 4.79 Å². The molecule has 25 heavy (non-hydrogen) atoms. The van der Waals surface area contributed by atoms with Gasteiger partial charge < -0.3 is 10.1 Å². The van der Waals surface area contributed by atoms with E-state index in [0.29, 0.717) is 17.1 Å². The highest BCUT2D eigenvalue weighted by molar-refractivity contribution is 8.00. The third-order valence-corrected chi connectivity index (χ3v) is 4.26. The Morgan fingerprint density at radius 2 is 2.12 bits per heavy atom. The van der Waals surface area contributed by atoms with Gasteiger partial charge in [0.1, 0.15) is 5.75 Å². The van der Waals surface area contributed by atoms with Gasteiger partial charge >= 0.3 is 5.76 Å². The number of nitrogens with zero attached hydrogens (tertiary/aromatic N) is 1. The molecule has 0 saturated heterocycles. The normalized spacial score (nSPS) is 10.4. The first kappa shape index (κ1) is 16.8. The Labute approximate surface area is 147 Å². The van der Waals surface area contributed by atoms with Crippen LogP contribution in [0.25, 0.3) is 11.4 Å². The lowest BCUT2D eigenvalue weighted by atomic mass is 10.2. The lowest BCUT2D eigenvalue weighted by molar-refractivity contribution is -0.113. The highest BCUT2D eigenvalue weighted by Gasteiger charge is 2.08. The van der Waals surface area contributed by atoms with Crippen LogP contribution < -0.4 is 15.8 Å².